The number of carbonyl (C=O) groups excluding carboxylic acids is 1. The van der Waals surface area contributed by atoms with E-state index in [0.717, 1.165) is 12.8 Å². The number of morpholine rings is 1. The Balaban J connectivity index is 1.97. The Morgan fingerprint density at radius 2 is 2.05 bits per heavy atom. The molecular formula is C14H16N2O5. The van der Waals surface area contributed by atoms with Crippen molar-refractivity contribution in [2.75, 3.05) is 25.1 Å². The van der Waals surface area contributed by atoms with Gasteiger partial charge in [-0.3, -0.25) is 10.1 Å². The first kappa shape index (κ1) is 13.8. The van der Waals surface area contributed by atoms with Crippen LogP contribution >= 0.6 is 0 Å². The number of nitro benzene ring substituents is 1. The molecule has 7 heteroatoms. The maximum atomic E-state index is 11.6. The van der Waals surface area contributed by atoms with Crippen molar-refractivity contribution in [1.82, 2.24) is 0 Å². The number of hydrogen-bond acceptors (Lipinski definition) is 6. The number of nitrogens with zero attached hydrogens (tertiary/aromatic N) is 2. The molecule has 2 saturated heterocycles. The van der Waals surface area contributed by atoms with Gasteiger partial charge in [-0.05, 0) is 25.0 Å². The molecule has 0 aromatic heterocycles. The van der Waals surface area contributed by atoms with Gasteiger partial charge in [0.2, 0.25) is 0 Å². The number of benzene rings is 1. The summed E-state index contributed by atoms with van der Waals surface area (Å²) in [7, 11) is 1.29. The molecule has 0 spiro atoms. The second-order valence-corrected chi connectivity index (χ2v) is 5.31. The predicted octanol–water partition coefficient (Wildman–Crippen LogP) is 1.75. The molecule has 0 N–H and O–H groups in total. The van der Waals surface area contributed by atoms with E-state index in [2.05, 4.69) is 4.74 Å². The van der Waals surface area contributed by atoms with Gasteiger partial charge in [0.1, 0.15) is 5.69 Å². The summed E-state index contributed by atoms with van der Waals surface area (Å²) >= 11 is 0. The summed E-state index contributed by atoms with van der Waals surface area (Å²) in [4.78, 5) is 24.4. The fourth-order valence-electron chi connectivity index (χ4n) is 2.99. The fraction of sp³-hybridized carbons (Fsp3) is 0.500. The largest absolute Gasteiger partial charge is 0.465 e. The summed E-state index contributed by atoms with van der Waals surface area (Å²) in [5.74, 6) is -0.498. The van der Waals surface area contributed by atoms with E-state index in [1.807, 2.05) is 4.90 Å². The first-order valence-electron chi connectivity index (χ1n) is 6.85. The van der Waals surface area contributed by atoms with Crippen molar-refractivity contribution in [3.63, 3.8) is 0 Å². The third-order valence-corrected chi connectivity index (χ3v) is 3.98. The van der Waals surface area contributed by atoms with Crippen molar-refractivity contribution in [3.05, 3.63) is 33.9 Å². The van der Waals surface area contributed by atoms with E-state index in [9.17, 15) is 14.9 Å². The summed E-state index contributed by atoms with van der Waals surface area (Å²) in [5.41, 5.74) is 0.781. The van der Waals surface area contributed by atoms with Crippen LogP contribution in [0.5, 0.6) is 0 Å². The number of ether oxygens (including phenoxy) is 2. The Morgan fingerprint density at radius 3 is 2.62 bits per heavy atom. The number of rotatable bonds is 3. The van der Waals surface area contributed by atoms with Gasteiger partial charge < -0.3 is 14.4 Å². The molecule has 2 aliphatic heterocycles. The Hall–Kier alpha value is -2.15. The third kappa shape index (κ3) is 2.56. The molecule has 1 aromatic carbocycles. The van der Waals surface area contributed by atoms with E-state index in [1.54, 1.807) is 0 Å². The topological polar surface area (TPSA) is 81.9 Å². The first-order valence-corrected chi connectivity index (χ1v) is 6.85. The van der Waals surface area contributed by atoms with Gasteiger partial charge in [-0.1, -0.05) is 0 Å². The highest BCUT2D eigenvalue weighted by atomic mass is 16.6. The first-order chi connectivity index (χ1) is 10.1. The fourth-order valence-corrected chi connectivity index (χ4v) is 2.99. The maximum Gasteiger partial charge on any atom is 0.337 e. The summed E-state index contributed by atoms with van der Waals surface area (Å²) in [5, 5.41) is 11.2. The third-order valence-electron chi connectivity index (χ3n) is 3.98. The lowest BCUT2D eigenvalue weighted by Gasteiger charge is -2.33. The van der Waals surface area contributed by atoms with Crippen molar-refractivity contribution in [2.24, 2.45) is 0 Å². The molecule has 2 unspecified atom stereocenters. The van der Waals surface area contributed by atoms with Gasteiger partial charge in [-0.25, -0.2) is 4.79 Å². The van der Waals surface area contributed by atoms with Crippen LogP contribution in [0.4, 0.5) is 11.4 Å². The van der Waals surface area contributed by atoms with Crippen LogP contribution in [0.2, 0.25) is 0 Å². The predicted molar refractivity (Wildman–Crippen MR) is 74.5 cm³/mol. The highest BCUT2D eigenvalue weighted by Crippen LogP contribution is 2.35. The van der Waals surface area contributed by atoms with E-state index >= 15 is 0 Å². The van der Waals surface area contributed by atoms with Crippen LogP contribution in [0.25, 0.3) is 0 Å². The average molecular weight is 292 g/mol. The van der Waals surface area contributed by atoms with Crippen LogP contribution in [0.1, 0.15) is 23.2 Å². The minimum absolute atomic E-state index is 0.00366. The lowest BCUT2D eigenvalue weighted by Crippen LogP contribution is -2.42. The van der Waals surface area contributed by atoms with Crippen LogP contribution in [0.3, 0.4) is 0 Å². The van der Waals surface area contributed by atoms with E-state index in [0.29, 0.717) is 24.3 Å². The molecule has 0 aliphatic carbocycles. The standard InChI is InChI=1S/C14H16N2O5/c1-20-14(17)9-2-5-12(16(18)19)13(6-9)15-7-10-3-4-11(8-15)21-10/h2,5-6,10-11H,3-4,7-8H2,1H3. The van der Waals surface area contributed by atoms with Gasteiger partial charge in [-0.2, -0.15) is 0 Å². The van der Waals surface area contributed by atoms with Crippen LogP contribution < -0.4 is 4.90 Å². The van der Waals surface area contributed by atoms with Gasteiger partial charge in [0.05, 0.1) is 29.8 Å². The van der Waals surface area contributed by atoms with Crippen molar-refractivity contribution < 1.29 is 19.2 Å². The quantitative estimate of drug-likeness (QED) is 0.479. The monoisotopic (exact) mass is 292 g/mol. The van der Waals surface area contributed by atoms with E-state index in [1.165, 1.54) is 25.3 Å². The summed E-state index contributed by atoms with van der Waals surface area (Å²) in [6.45, 7) is 1.23. The molecule has 2 bridgehead atoms. The molecule has 3 rings (SSSR count). The number of methoxy groups -OCH3 is 1. The highest BCUT2D eigenvalue weighted by Gasteiger charge is 2.36. The lowest BCUT2D eigenvalue weighted by atomic mass is 10.1. The average Bonchev–Trinajstić information content (AvgIpc) is 2.84. The van der Waals surface area contributed by atoms with Gasteiger partial charge in [0.25, 0.3) is 5.69 Å². The zero-order chi connectivity index (χ0) is 15.0. The van der Waals surface area contributed by atoms with E-state index < -0.39 is 10.9 Å². The summed E-state index contributed by atoms with van der Waals surface area (Å²) in [6.07, 6.45) is 2.19. The van der Waals surface area contributed by atoms with Gasteiger partial charge in [0, 0.05) is 19.2 Å². The summed E-state index contributed by atoms with van der Waals surface area (Å²) < 4.78 is 10.4. The molecule has 2 heterocycles. The van der Waals surface area contributed by atoms with Gasteiger partial charge >= 0.3 is 5.97 Å². The molecule has 0 radical (unpaired) electrons. The number of carbonyl (C=O) groups is 1. The maximum absolute atomic E-state index is 11.6. The Bertz CT molecular complexity index is 577. The summed E-state index contributed by atoms with van der Waals surface area (Å²) in [6, 6.07) is 4.32. The number of anilines is 1. The molecule has 2 fully saturated rings. The molecule has 21 heavy (non-hydrogen) atoms. The SMILES string of the molecule is COC(=O)c1ccc([N+](=O)[O-])c(N2CC3CCC(C2)O3)c1. The molecule has 2 atom stereocenters. The smallest absolute Gasteiger partial charge is 0.337 e. The minimum atomic E-state index is -0.498. The van der Waals surface area contributed by atoms with Crippen LogP contribution in [0.15, 0.2) is 18.2 Å². The Labute approximate surface area is 121 Å². The molecule has 7 nitrogen and oxygen atoms in total. The number of esters is 1. The lowest BCUT2D eigenvalue weighted by molar-refractivity contribution is -0.384. The van der Waals surface area contributed by atoms with Crippen molar-refractivity contribution in [1.29, 1.82) is 0 Å². The van der Waals surface area contributed by atoms with Crippen LogP contribution in [0, 0.1) is 10.1 Å². The van der Waals surface area contributed by atoms with Crippen molar-refractivity contribution in [2.45, 2.75) is 25.0 Å². The molecular weight excluding hydrogens is 276 g/mol. The van der Waals surface area contributed by atoms with Crippen LogP contribution in [-0.4, -0.2) is 43.3 Å². The second kappa shape index (κ2) is 5.33. The Morgan fingerprint density at radius 1 is 1.38 bits per heavy atom. The van der Waals surface area contributed by atoms with E-state index in [4.69, 9.17) is 4.74 Å². The van der Waals surface area contributed by atoms with Crippen molar-refractivity contribution >= 4 is 17.3 Å². The molecule has 1 aromatic rings. The van der Waals surface area contributed by atoms with Crippen molar-refractivity contribution in [3.8, 4) is 0 Å². The van der Waals surface area contributed by atoms with Gasteiger partial charge in [0.15, 0.2) is 0 Å². The minimum Gasteiger partial charge on any atom is -0.465 e. The number of hydrogen-bond donors (Lipinski definition) is 0. The normalized spacial score (nSPS) is 24.0. The Kier molecular flexibility index (Phi) is 3.50. The van der Waals surface area contributed by atoms with E-state index in [-0.39, 0.29) is 17.9 Å². The van der Waals surface area contributed by atoms with Crippen LogP contribution in [-0.2, 0) is 9.47 Å². The highest BCUT2D eigenvalue weighted by molar-refractivity contribution is 5.91. The molecule has 0 amide bonds. The second-order valence-electron chi connectivity index (χ2n) is 5.31. The number of fused-ring (bicyclic) bond motifs is 2. The van der Waals surface area contributed by atoms with Gasteiger partial charge in [-0.15, -0.1) is 0 Å². The zero-order valence-corrected chi connectivity index (χ0v) is 11.7. The molecule has 0 saturated carbocycles. The number of nitro groups is 1. The zero-order valence-electron chi connectivity index (χ0n) is 11.7. The molecule has 2 aliphatic rings. The molecule has 112 valence electrons.